The van der Waals surface area contributed by atoms with Crippen molar-refractivity contribution in [2.75, 3.05) is 11.9 Å². The number of hydrogen-bond acceptors (Lipinski definition) is 7. The van der Waals surface area contributed by atoms with Crippen molar-refractivity contribution in [3.63, 3.8) is 0 Å². The van der Waals surface area contributed by atoms with E-state index in [0.29, 0.717) is 32.9 Å². The molecule has 0 unspecified atom stereocenters. The van der Waals surface area contributed by atoms with E-state index in [1.807, 2.05) is 30.3 Å². The number of alkyl halides is 3. The summed E-state index contributed by atoms with van der Waals surface area (Å²) in [4.78, 5) is 32.4. The first-order valence-corrected chi connectivity index (χ1v) is 16.1. The summed E-state index contributed by atoms with van der Waals surface area (Å²) in [5.41, 5.74) is 0.690. The lowest BCUT2D eigenvalue weighted by Gasteiger charge is -2.22. The molecule has 2 aromatic carbocycles. The first-order valence-electron chi connectivity index (χ1n) is 14.1. The van der Waals surface area contributed by atoms with Crippen LogP contribution in [-0.4, -0.2) is 38.7 Å². The number of thiazole rings is 1. The summed E-state index contributed by atoms with van der Waals surface area (Å²) < 4.78 is 45.5. The minimum atomic E-state index is -4.40. The Bertz CT molecular complexity index is 1500. The second kappa shape index (κ2) is 14.0. The molecule has 5 rings (SSSR count). The molecule has 1 aromatic heterocycles. The second-order valence-corrected chi connectivity index (χ2v) is 13.2. The molecule has 226 valence electrons. The molecule has 2 heterocycles. The van der Waals surface area contributed by atoms with Crippen LogP contribution in [0.3, 0.4) is 0 Å². The van der Waals surface area contributed by atoms with Crippen molar-refractivity contribution in [2.45, 2.75) is 63.6 Å². The highest BCUT2D eigenvalue weighted by Gasteiger charge is 2.32. The van der Waals surface area contributed by atoms with Gasteiger partial charge in [0.1, 0.15) is 10.1 Å². The molecule has 1 saturated heterocycles. The first kappa shape index (κ1) is 31.2. The molecule has 2 aliphatic rings. The van der Waals surface area contributed by atoms with E-state index in [-0.39, 0.29) is 30.8 Å². The van der Waals surface area contributed by atoms with Crippen molar-refractivity contribution in [1.29, 1.82) is 0 Å². The number of halogens is 3. The third-order valence-electron chi connectivity index (χ3n) is 7.12. The molecule has 0 atom stereocenters. The lowest BCUT2D eigenvalue weighted by atomic mass is 9.98. The average Bonchev–Trinajstić information content (AvgIpc) is 3.52. The molecule has 3 aromatic rings. The Labute approximate surface area is 261 Å². The van der Waals surface area contributed by atoms with Crippen molar-refractivity contribution in [3.8, 4) is 5.75 Å². The topological polar surface area (TPSA) is 71.5 Å². The molecule has 6 nitrogen and oxygen atoms in total. The van der Waals surface area contributed by atoms with Crippen LogP contribution in [0.2, 0.25) is 0 Å². The molecule has 1 saturated carbocycles. The Morgan fingerprint density at radius 3 is 2.65 bits per heavy atom. The summed E-state index contributed by atoms with van der Waals surface area (Å²) in [5, 5.41) is 3.10. The van der Waals surface area contributed by atoms with Crippen LogP contribution in [-0.2, 0) is 22.2 Å². The fraction of sp³-hybridized carbons (Fsp3) is 0.355. The second-order valence-electron chi connectivity index (χ2n) is 10.4. The molecule has 1 aliphatic carbocycles. The third-order valence-corrected chi connectivity index (χ3v) is 9.42. The van der Waals surface area contributed by atoms with Gasteiger partial charge >= 0.3 is 6.18 Å². The number of nitrogens with one attached hydrogen (secondary N) is 1. The van der Waals surface area contributed by atoms with Crippen molar-refractivity contribution >= 4 is 62.7 Å². The maximum atomic E-state index is 13.0. The minimum absolute atomic E-state index is 0.154. The van der Waals surface area contributed by atoms with Crippen LogP contribution >= 0.6 is 35.3 Å². The van der Waals surface area contributed by atoms with Crippen LogP contribution in [0.4, 0.5) is 18.3 Å². The van der Waals surface area contributed by atoms with Crippen LogP contribution in [0, 0.1) is 0 Å². The lowest BCUT2D eigenvalue weighted by Crippen LogP contribution is -2.29. The number of rotatable bonds is 10. The lowest BCUT2D eigenvalue weighted by molar-refractivity contribution is -0.137. The van der Waals surface area contributed by atoms with Gasteiger partial charge in [0.05, 0.1) is 16.6 Å². The molecule has 0 radical (unpaired) electrons. The molecule has 0 bridgehead atoms. The number of thioether (sulfide) groups is 1. The molecule has 2 amide bonds. The molecular weight excluding hydrogens is 616 g/mol. The molecule has 12 heteroatoms. The number of nitrogens with zero attached hydrogens (tertiary/aromatic N) is 2. The zero-order valence-electron chi connectivity index (χ0n) is 23.2. The summed E-state index contributed by atoms with van der Waals surface area (Å²) in [7, 11) is 0. The first-order chi connectivity index (χ1) is 20.6. The predicted octanol–water partition coefficient (Wildman–Crippen LogP) is 8.08. The van der Waals surface area contributed by atoms with Gasteiger partial charge in [0.15, 0.2) is 5.13 Å². The molecule has 0 spiro atoms. The number of ether oxygens (including phenoxy) is 1. The van der Waals surface area contributed by atoms with Crippen molar-refractivity contribution in [2.24, 2.45) is 0 Å². The van der Waals surface area contributed by atoms with Gasteiger partial charge in [-0.15, -0.1) is 11.3 Å². The Balaban J connectivity index is 1.07. The van der Waals surface area contributed by atoms with Crippen LogP contribution in [0.1, 0.15) is 66.5 Å². The van der Waals surface area contributed by atoms with E-state index in [0.717, 1.165) is 41.2 Å². The fourth-order valence-corrected chi connectivity index (χ4v) is 7.12. The van der Waals surface area contributed by atoms with Gasteiger partial charge in [-0.3, -0.25) is 14.5 Å². The predicted molar refractivity (Wildman–Crippen MR) is 168 cm³/mol. The average molecular weight is 646 g/mol. The van der Waals surface area contributed by atoms with Crippen LogP contribution in [0.5, 0.6) is 5.75 Å². The van der Waals surface area contributed by atoms with Gasteiger partial charge in [-0.1, -0.05) is 60.7 Å². The Morgan fingerprint density at radius 2 is 1.91 bits per heavy atom. The third kappa shape index (κ3) is 8.67. The van der Waals surface area contributed by atoms with Gasteiger partial charge in [0.25, 0.3) is 5.91 Å². The zero-order valence-corrected chi connectivity index (χ0v) is 25.6. The van der Waals surface area contributed by atoms with Crippen molar-refractivity contribution in [3.05, 3.63) is 81.2 Å². The summed E-state index contributed by atoms with van der Waals surface area (Å²) in [5.74, 6) is 0.383. The molecule has 1 aliphatic heterocycles. The van der Waals surface area contributed by atoms with Gasteiger partial charge in [0, 0.05) is 30.5 Å². The Kier molecular flexibility index (Phi) is 10.2. The quantitative estimate of drug-likeness (QED) is 0.178. The van der Waals surface area contributed by atoms with Gasteiger partial charge in [-0.2, -0.15) is 13.2 Å². The van der Waals surface area contributed by atoms with E-state index in [2.05, 4.69) is 10.3 Å². The van der Waals surface area contributed by atoms with E-state index >= 15 is 0 Å². The normalized spacial score (nSPS) is 17.1. The molecule has 2 fully saturated rings. The summed E-state index contributed by atoms with van der Waals surface area (Å²) >= 11 is 7.88. The monoisotopic (exact) mass is 645 g/mol. The maximum Gasteiger partial charge on any atom is 0.416 e. The largest absolute Gasteiger partial charge is 0.490 e. The van der Waals surface area contributed by atoms with Crippen LogP contribution < -0.4 is 10.1 Å². The summed E-state index contributed by atoms with van der Waals surface area (Å²) in [6, 6.07) is 12.9. The van der Waals surface area contributed by atoms with Crippen LogP contribution in [0.15, 0.2) is 59.6 Å². The number of amides is 2. The highest BCUT2D eigenvalue weighted by molar-refractivity contribution is 8.26. The van der Waals surface area contributed by atoms with E-state index in [1.165, 1.54) is 53.3 Å². The van der Waals surface area contributed by atoms with Crippen molar-refractivity contribution < 1.29 is 27.5 Å². The van der Waals surface area contributed by atoms with Crippen LogP contribution in [0.25, 0.3) is 6.08 Å². The SMILES string of the molecule is O=C(CCCN1C(=O)/C(=C/c2ccc(OC3CCCCC3)cc2)SC1=S)Nc1ncc(Cc2cccc(C(F)(F)F)c2)s1. The van der Waals surface area contributed by atoms with E-state index in [9.17, 15) is 22.8 Å². The maximum absolute atomic E-state index is 13.0. The molecule has 43 heavy (non-hydrogen) atoms. The van der Waals surface area contributed by atoms with Gasteiger partial charge in [-0.05, 0) is 67.5 Å². The van der Waals surface area contributed by atoms with E-state index < -0.39 is 11.7 Å². The smallest absolute Gasteiger partial charge is 0.416 e. The number of hydrogen-bond donors (Lipinski definition) is 1. The van der Waals surface area contributed by atoms with E-state index in [4.69, 9.17) is 17.0 Å². The number of thiocarbonyl (C=S) groups is 1. The Morgan fingerprint density at radius 1 is 1.14 bits per heavy atom. The number of benzene rings is 2. The number of carbonyl (C=O) groups excluding carboxylic acids is 2. The van der Waals surface area contributed by atoms with Crippen molar-refractivity contribution in [1.82, 2.24) is 9.88 Å². The zero-order chi connectivity index (χ0) is 30.4. The molecular formula is C31H30F3N3O3S3. The summed E-state index contributed by atoms with van der Waals surface area (Å²) in [6.45, 7) is 0.308. The van der Waals surface area contributed by atoms with E-state index in [1.54, 1.807) is 12.3 Å². The Hall–Kier alpha value is -3.22. The number of carbonyl (C=O) groups is 2. The minimum Gasteiger partial charge on any atom is -0.490 e. The van der Waals surface area contributed by atoms with Gasteiger partial charge in [-0.25, -0.2) is 4.98 Å². The highest BCUT2D eigenvalue weighted by Crippen LogP contribution is 2.34. The molecule has 1 N–H and O–H groups in total. The van der Waals surface area contributed by atoms with Gasteiger partial charge < -0.3 is 10.1 Å². The van der Waals surface area contributed by atoms with Gasteiger partial charge in [0.2, 0.25) is 5.91 Å². The highest BCUT2D eigenvalue weighted by atomic mass is 32.2. The number of anilines is 1. The standard InChI is InChI=1S/C31H30F3N3O3S3/c32-31(33,34)22-7-4-6-21(16-22)17-25-19-35-29(42-25)36-27(38)10-5-15-37-28(39)26(43-30(37)41)18-20-11-13-24(14-12-20)40-23-8-2-1-3-9-23/h4,6-7,11-14,16,18-19,23H,1-3,5,8-10,15,17H2,(H,35,36,38)/b26-18-. The fourth-order valence-electron chi connectivity index (χ4n) is 4.95. The summed E-state index contributed by atoms with van der Waals surface area (Å²) in [6.07, 6.45) is 5.92. The number of aromatic nitrogens is 1.